The number of hydrogen-bond acceptors (Lipinski definition) is 1. The van der Waals surface area contributed by atoms with Crippen LogP contribution >= 0.6 is 11.6 Å². The van der Waals surface area contributed by atoms with Gasteiger partial charge in [0.2, 0.25) is 0 Å². The molecule has 1 aromatic rings. The maximum absolute atomic E-state index is 12.9. The molecule has 0 saturated heterocycles. The van der Waals surface area contributed by atoms with Crippen LogP contribution in [0.4, 0.5) is 4.39 Å². The van der Waals surface area contributed by atoms with E-state index in [-0.39, 0.29) is 11.7 Å². The van der Waals surface area contributed by atoms with Crippen LogP contribution in [0.25, 0.3) is 0 Å². The van der Waals surface area contributed by atoms with E-state index in [0.717, 1.165) is 19.3 Å². The van der Waals surface area contributed by atoms with Crippen molar-refractivity contribution in [3.63, 3.8) is 0 Å². The van der Waals surface area contributed by atoms with Gasteiger partial charge in [-0.25, -0.2) is 4.39 Å². The molecule has 0 spiro atoms. The standard InChI is InChI=1S/C13H17ClFNO/c1-10-9-11(15)5-6-12(10)13(17)16-8-4-2-3-7-14/h5-6,9H,2-4,7-8H2,1H3,(H,16,17). The van der Waals surface area contributed by atoms with E-state index in [9.17, 15) is 9.18 Å². The van der Waals surface area contributed by atoms with Crippen LogP contribution in [0.3, 0.4) is 0 Å². The van der Waals surface area contributed by atoms with E-state index in [1.807, 2.05) is 0 Å². The number of benzene rings is 1. The fourth-order valence-corrected chi connectivity index (χ4v) is 1.76. The Kier molecular flexibility index (Phi) is 5.98. The van der Waals surface area contributed by atoms with E-state index in [1.165, 1.54) is 18.2 Å². The minimum Gasteiger partial charge on any atom is -0.352 e. The molecule has 1 aromatic carbocycles. The monoisotopic (exact) mass is 257 g/mol. The predicted octanol–water partition coefficient (Wildman–Crippen LogP) is 3.27. The van der Waals surface area contributed by atoms with Crippen LogP contribution in [0.1, 0.15) is 35.2 Å². The SMILES string of the molecule is Cc1cc(F)ccc1C(=O)NCCCCCCl. The Labute approximate surface area is 106 Å². The lowest BCUT2D eigenvalue weighted by Gasteiger charge is -2.07. The number of halogens is 2. The zero-order chi connectivity index (χ0) is 12.7. The molecule has 0 aromatic heterocycles. The molecule has 0 saturated carbocycles. The van der Waals surface area contributed by atoms with Gasteiger partial charge in [0.1, 0.15) is 5.82 Å². The van der Waals surface area contributed by atoms with Crippen molar-refractivity contribution in [2.24, 2.45) is 0 Å². The largest absolute Gasteiger partial charge is 0.352 e. The number of unbranched alkanes of at least 4 members (excludes halogenated alkanes) is 2. The number of carbonyl (C=O) groups is 1. The molecule has 0 atom stereocenters. The first-order valence-corrected chi connectivity index (χ1v) is 6.29. The molecule has 1 amide bonds. The summed E-state index contributed by atoms with van der Waals surface area (Å²) in [5.41, 5.74) is 1.19. The van der Waals surface area contributed by atoms with Gasteiger partial charge in [-0.15, -0.1) is 11.6 Å². The molecule has 0 fully saturated rings. The Bertz CT molecular complexity index is 382. The van der Waals surface area contributed by atoms with Gasteiger partial charge < -0.3 is 5.32 Å². The molecular formula is C13H17ClFNO. The minimum absolute atomic E-state index is 0.145. The van der Waals surface area contributed by atoms with E-state index >= 15 is 0 Å². The number of nitrogens with one attached hydrogen (secondary N) is 1. The number of rotatable bonds is 6. The molecule has 0 unspecified atom stereocenters. The van der Waals surface area contributed by atoms with Gasteiger partial charge in [0, 0.05) is 18.0 Å². The third kappa shape index (κ3) is 4.73. The fraction of sp³-hybridized carbons (Fsp3) is 0.462. The van der Waals surface area contributed by atoms with Gasteiger partial charge in [-0.1, -0.05) is 6.42 Å². The molecule has 0 radical (unpaired) electrons. The fourth-order valence-electron chi connectivity index (χ4n) is 1.58. The summed E-state index contributed by atoms with van der Waals surface area (Å²) in [5, 5.41) is 2.81. The maximum Gasteiger partial charge on any atom is 0.251 e. The second-order valence-electron chi connectivity index (χ2n) is 3.96. The summed E-state index contributed by atoms with van der Waals surface area (Å²) in [6, 6.07) is 4.18. The molecule has 0 heterocycles. The van der Waals surface area contributed by atoms with Crippen LogP contribution < -0.4 is 5.32 Å². The maximum atomic E-state index is 12.9. The molecule has 17 heavy (non-hydrogen) atoms. The molecule has 0 bridgehead atoms. The van der Waals surface area contributed by atoms with Gasteiger partial charge in [0.15, 0.2) is 0 Å². The van der Waals surface area contributed by atoms with E-state index < -0.39 is 0 Å². The van der Waals surface area contributed by atoms with E-state index in [1.54, 1.807) is 6.92 Å². The Morgan fingerprint density at radius 2 is 2.12 bits per heavy atom. The van der Waals surface area contributed by atoms with Crippen LogP contribution in [0.15, 0.2) is 18.2 Å². The van der Waals surface area contributed by atoms with Crippen molar-refractivity contribution < 1.29 is 9.18 Å². The lowest BCUT2D eigenvalue weighted by molar-refractivity contribution is 0.0952. The van der Waals surface area contributed by atoms with E-state index in [4.69, 9.17) is 11.6 Å². The molecule has 1 N–H and O–H groups in total. The quantitative estimate of drug-likeness (QED) is 0.615. The van der Waals surface area contributed by atoms with Gasteiger partial charge in [-0.05, 0) is 43.5 Å². The number of alkyl halides is 1. The Morgan fingerprint density at radius 1 is 1.35 bits per heavy atom. The van der Waals surface area contributed by atoms with Crippen molar-refractivity contribution in [2.45, 2.75) is 26.2 Å². The van der Waals surface area contributed by atoms with E-state index in [2.05, 4.69) is 5.32 Å². The van der Waals surface area contributed by atoms with Crippen molar-refractivity contribution in [3.05, 3.63) is 35.1 Å². The molecule has 1 rings (SSSR count). The van der Waals surface area contributed by atoms with E-state index in [0.29, 0.717) is 23.6 Å². The summed E-state index contributed by atoms with van der Waals surface area (Å²) < 4.78 is 12.9. The molecule has 0 aliphatic heterocycles. The number of amides is 1. The lowest BCUT2D eigenvalue weighted by Crippen LogP contribution is -2.25. The zero-order valence-electron chi connectivity index (χ0n) is 9.93. The van der Waals surface area contributed by atoms with Crippen LogP contribution in [-0.2, 0) is 0 Å². The van der Waals surface area contributed by atoms with Crippen LogP contribution in [0.5, 0.6) is 0 Å². The second-order valence-corrected chi connectivity index (χ2v) is 4.34. The average molecular weight is 258 g/mol. The summed E-state index contributed by atoms with van der Waals surface area (Å²) >= 11 is 5.55. The van der Waals surface area contributed by atoms with Gasteiger partial charge in [0.05, 0.1) is 0 Å². The number of aryl methyl sites for hydroxylation is 1. The lowest BCUT2D eigenvalue weighted by atomic mass is 10.1. The molecule has 4 heteroatoms. The Hall–Kier alpha value is -1.09. The van der Waals surface area contributed by atoms with Crippen molar-refractivity contribution >= 4 is 17.5 Å². The summed E-state index contributed by atoms with van der Waals surface area (Å²) in [6.45, 7) is 2.36. The smallest absolute Gasteiger partial charge is 0.251 e. The van der Waals surface area contributed by atoms with Crippen molar-refractivity contribution in [1.29, 1.82) is 0 Å². The van der Waals surface area contributed by atoms with Crippen LogP contribution in [0, 0.1) is 12.7 Å². The average Bonchev–Trinajstić information content (AvgIpc) is 2.28. The van der Waals surface area contributed by atoms with Gasteiger partial charge >= 0.3 is 0 Å². The first-order valence-electron chi connectivity index (χ1n) is 5.75. The summed E-state index contributed by atoms with van der Waals surface area (Å²) in [5.74, 6) is 0.194. The molecule has 2 nitrogen and oxygen atoms in total. The molecular weight excluding hydrogens is 241 g/mol. The second kappa shape index (κ2) is 7.28. The topological polar surface area (TPSA) is 29.1 Å². The molecule has 0 aliphatic carbocycles. The van der Waals surface area contributed by atoms with Crippen molar-refractivity contribution in [2.75, 3.05) is 12.4 Å². The summed E-state index contributed by atoms with van der Waals surface area (Å²) in [6.07, 6.45) is 2.89. The van der Waals surface area contributed by atoms with Crippen molar-refractivity contribution in [1.82, 2.24) is 5.32 Å². The van der Waals surface area contributed by atoms with Gasteiger partial charge in [0.25, 0.3) is 5.91 Å². The summed E-state index contributed by atoms with van der Waals surface area (Å²) in [4.78, 5) is 11.7. The zero-order valence-corrected chi connectivity index (χ0v) is 10.7. The van der Waals surface area contributed by atoms with Crippen molar-refractivity contribution in [3.8, 4) is 0 Å². The third-order valence-electron chi connectivity index (χ3n) is 2.53. The number of hydrogen-bond donors (Lipinski definition) is 1. The third-order valence-corrected chi connectivity index (χ3v) is 2.80. The van der Waals surface area contributed by atoms with Crippen LogP contribution in [-0.4, -0.2) is 18.3 Å². The highest BCUT2D eigenvalue weighted by Crippen LogP contribution is 2.09. The summed E-state index contributed by atoms with van der Waals surface area (Å²) in [7, 11) is 0. The number of carbonyl (C=O) groups excluding carboxylic acids is 1. The highest BCUT2D eigenvalue weighted by Gasteiger charge is 2.08. The Balaban J connectivity index is 2.42. The highest BCUT2D eigenvalue weighted by atomic mass is 35.5. The van der Waals surface area contributed by atoms with Gasteiger partial charge in [-0.2, -0.15) is 0 Å². The normalized spacial score (nSPS) is 10.3. The van der Waals surface area contributed by atoms with Gasteiger partial charge in [-0.3, -0.25) is 4.79 Å². The predicted molar refractivity (Wildman–Crippen MR) is 68.0 cm³/mol. The van der Waals surface area contributed by atoms with Crippen LogP contribution in [0.2, 0.25) is 0 Å². The Morgan fingerprint density at radius 3 is 2.76 bits per heavy atom. The first kappa shape index (κ1) is 14.0. The minimum atomic E-state index is -0.318. The first-order chi connectivity index (χ1) is 8.15. The molecule has 94 valence electrons. The highest BCUT2D eigenvalue weighted by molar-refractivity contribution is 6.17. The molecule has 0 aliphatic rings.